The van der Waals surface area contributed by atoms with Crippen molar-refractivity contribution in [2.24, 2.45) is 4.99 Å². The zero-order valence-corrected chi connectivity index (χ0v) is 11.8. The fourth-order valence-electron chi connectivity index (χ4n) is 1.77. The van der Waals surface area contributed by atoms with Crippen molar-refractivity contribution in [1.82, 2.24) is 0 Å². The molecule has 0 saturated carbocycles. The molecule has 21 heavy (non-hydrogen) atoms. The molecule has 108 valence electrons. The summed E-state index contributed by atoms with van der Waals surface area (Å²) in [5, 5.41) is 12.5. The molecular weight excluding hydrogens is 268 g/mol. The van der Waals surface area contributed by atoms with Gasteiger partial charge in [0, 0.05) is 24.4 Å². The normalized spacial score (nSPS) is 10.6. The summed E-state index contributed by atoms with van der Waals surface area (Å²) >= 11 is 0. The van der Waals surface area contributed by atoms with Crippen molar-refractivity contribution >= 4 is 23.5 Å². The molecule has 0 aliphatic rings. The number of amides is 1. The van der Waals surface area contributed by atoms with Crippen molar-refractivity contribution in [2.75, 3.05) is 12.4 Å². The van der Waals surface area contributed by atoms with Crippen LogP contribution in [0.3, 0.4) is 0 Å². The van der Waals surface area contributed by atoms with E-state index in [0.717, 1.165) is 0 Å². The Morgan fingerprint density at radius 1 is 1.29 bits per heavy atom. The van der Waals surface area contributed by atoms with E-state index in [0.29, 0.717) is 22.7 Å². The quantitative estimate of drug-likeness (QED) is 0.847. The lowest BCUT2D eigenvalue weighted by Gasteiger charge is -2.04. The van der Waals surface area contributed by atoms with Gasteiger partial charge in [-0.05, 0) is 36.4 Å². The largest absolute Gasteiger partial charge is 0.507 e. The maximum absolute atomic E-state index is 11.0. The van der Waals surface area contributed by atoms with Gasteiger partial charge in [0.25, 0.3) is 0 Å². The first-order valence-corrected chi connectivity index (χ1v) is 6.37. The molecule has 2 aromatic rings. The van der Waals surface area contributed by atoms with Gasteiger partial charge in [0.1, 0.15) is 11.5 Å². The average Bonchev–Trinajstić information content (AvgIpc) is 2.46. The second-order valence-corrected chi connectivity index (χ2v) is 4.41. The smallest absolute Gasteiger partial charge is 0.221 e. The van der Waals surface area contributed by atoms with Crippen molar-refractivity contribution in [3.05, 3.63) is 48.0 Å². The summed E-state index contributed by atoms with van der Waals surface area (Å²) in [5.74, 6) is 0.625. The molecule has 2 N–H and O–H groups in total. The van der Waals surface area contributed by atoms with Gasteiger partial charge >= 0.3 is 0 Å². The molecule has 1 amide bonds. The van der Waals surface area contributed by atoms with Gasteiger partial charge in [-0.15, -0.1) is 0 Å². The summed E-state index contributed by atoms with van der Waals surface area (Å²) in [5.41, 5.74) is 1.90. The van der Waals surface area contributed by atoms with Crippen LogP contribution in [0.15, 0.2) is 47.5 Å². The summed E-state index contributed by atoms with van der Waals surface area (Å²) in [6.45, 7) is 1.45. The van der Waals surface area contributed by atoms with Gasteiger partial charge in [-0.25, -0.2) is 0 Å². The number of nitrogens with zero attached hydrogens (tertiary/aromatic N) is 1. The lowest BCUT2D eigenvalue weighted by atomic mass is 10.2. The fourth-order valence-corrected chi connectivity index (χ4v) is 1.77. The van der Waals surface area contributed by atoms with Crippen LogP contribution in [0.5, 0.6) is 11.5 Å². The molecule has 0 heterocycles. The molecule has 0 aliphatic carbocycles. The predicted molar refractivity (Wildman–Crippen MR) is 82.7 cm³/mol. The SMILES string of the molecule is COc1ccc(O)c(C=Nc2cccc(NC(C)=O)c2)c1. The Morgan fingerprint density at radius 2 is 2.10 bits per heavy atom. The Hall–Kier alpha value is -2.82. The van der Waals surface area contributed by atoms with E-state index in [1.165, 1.54) is 6.92 Å². The van der Waals surface area contributed by atoms with Gasteiger partial charge in [-0.2, -0.15) is 0 Å². The number of nitrogens with one attached hydrogen (secondary N) is 1. The van der Waals surface area contributed by atoms with Gasteiger partial charge in [0.2, 0.25) is 5.91 Å². The minimum atomic E-state index is -0.137. The van der Waals surface area contributed by atoms with Crippen LogP contribution in [0.2, 0.25) is 0 Å². The van der Waals surface area contributed by atoms with E-state index in [4.69, 9.17) is 4.74 Å². The first kappa shape index (κ1) is 14.6. The number of benzene rings is 2. The topological polar surface area (TPSA) is 70.9 Å². The molecule has 0 aliphatic heterocycles. The third-order valence-electron chi connectivity index (χ3n) is 2.75. The molecule has 0 atom stereocenters. The summed E-state index contributed by atoms with van der Waals surface area (Å²) in [6.07, 6.45) is 1.55. The van der Waals surface area contributed by atoms with E-state index in [1.807, 2.05) is 0 Å². The minimum absolute atomic E-state index is 0.123. The Labute approximate surface area is 122 Å². The van der Waals surface area contributed by atoms with Crippen molar-refractivity contribution in [2.45, 2.75) is 6.92 Å². The molecule has 5 nitrogen and oxygen atoms in total. The zero-order valence-electron chi connectivity index (χ0n) is 11.8. The summed E-state index contributed by atoms with van der Waals surface area (Å²) in [4.78, 5) is 15.3. The highest BCUT2D eigenvalue weighted by Crippen LogP contribution is 2.23. The number of ether oxygens (including phenoxy) is 1. The maximum atomic E-state index is 11.0. The monoisotopic (exact) mass is 284 g/mol. The van der Waals surface area contributed by atoms with Crippen LogP contribution in [-0.2, 0) is 4.79 Å². The zero-order chi connectivity index (χ0) is 15.2. The van der Waals surface area contributed by atoms with E-state index in [2.05, 4.69) is 10.3 Å². The van der Waals surface area contributed by atoms with Gasteiger partial charge in [-0.1, -0.05) is 6.07 Å². The molecule has 2 aromatic carbocycles. The molecule has 5 heteroatoms. The number of methoxy groups -OCH3 is 1. The van der Waals surface area contributed by atoms with E-state index in [-0.39, 0.29) is 11.7 Å². The number of carbonyl (C=O) groups is 1. The Bertz CT molecular complexity index is 681. The van der Waals surface area contributed by atoms with Crippen molar-refractivity contribution < 1.29 is 14.6 Å². The number of carbonyl (C=O) groups excluding carboxylic acids is 1. The van der Waals surface area contributed by atoms with E-state index in [9.17, 15) is 9.90 Å². The number of aromatic hydroxyl groups is 1. The predicted octanol–water partition coefficient (Wildman–Crippen LogP) is 3.11. The van der Waals surface area contributed by atoms with Gasteiger partial charge in [0.15, 0.2) is 0 Å². The van der Waals surface area contributed by atoms with Crippen LogP contribution in [0.4, 0.5) is 11.4 Å². The van der Waals surface area contributed by atoms with Crippen LogP contribution in [-0.4, -0.2) is 24.3 Å². The molecule has 0 aromatic heterocycles. The molecule has 0 spiro atoms. The highest BCUT2D eigenvalue weighted by atomic mass is 16.5. The van der Waals surface area contributed by atoms with Gasteiger partial charge < -0.3 is 15.2 Å². The second kappa shape index (κ2) is 6.56. The van der Waals surface area contributed by atoms with Crippen molar-refractivity contribution in [3.8, 4) is 11.5 Å². The van der Waals surface area contributed by atoms with E-state index < -0.39 is 0 Å². The summed E-state index contributed by atoms with van der Waals surface area (Å²) < 4.78 is 5.10. The molecule has 0 bridgehead atoms. The molecule has 0 unspecified atom stereocenters. The molecule has 0 saturated heterocycles. The van der Waals surface area contributed by atoms with E-state index >= 15 is 0 Å². The van der Waals surface area contributed by atoms with Crippen LogP contribution >= 0.6 is 0 Å². The number of aliphatic imine (C=N–C) groups is 1. The number of phenolic OH excluding ortho intramolecular Hbond substituents is 1. The average molecular weight is 284 g/mol. The Morgan fingerprint density at radius 3 is 2.81 bits per heavy atom. The maximum Gasteiger partial charge on any atom is 0.221 e. The lowest BCUT2D eigenvalue weighted by molar-refractivity contribution is -0.114. The first-order chi connectivity index (χ1) is 10.1. The van der Waals surface area contributed by atoms with E-state index in [1.54, 1.807) is 55.8 Å². The summed E-state index contributed by atoms with van der Waals surface area (Å²) in [6, 6.07) is 12.0. The number of phenols is 1. The van der Waals surface area contributed by atoms with Crippen molar-refractivity contribution in [1.29, 1.82) is 0 Å². The fraction of sp³-hybridized carbons (Fsp3) is 0.125. The van der Waals surface area contributed by atoms with Crippen molar-refractivity contribution in [3.63, 3.8) is 0 Å². The second-order valence-electron chi connectivity index (χ2n) is 4.41. The molecule has 0 radical (unpaired) electrons. The number of rotatable bonds is 4. The number of hydrogen-bond donors (Lipinski definition) is 2. The highest BCUT2D eigenvalue weighted by molar-refractivity contribution is 5.90. The van der Waals surface area contributed by atoms with Gasteiger partial charge in [-0.3, -0.25) is 9.79 Å². The summed E-state index contributed by atoms with van der Waals surface area (Å²) in [7, 11) is 1.56. The first-order valence-electron chi connectivity index (χ1n) is 6.37. The molecular formula is C16H16N2O3. The Balaban J connectivity index is 2.23. The minimum Gasteiger partial charge on any atom is -0.507 e. The highest BCUT2D eigenvalue weighted by Gasteiger charge is 2.01. The number of hydrogen-bond acceptors (Lipinski definition) is 4. The van der Waals surface area contributed by atoms with Crippen LogP contribution in [0, 0.1) is 0 Å². The molecule has 2 rings (SSSR count). The number of anilines is 1. The van der Waals surface area contributed by atoms with Gasteiger partial charge in [0.05, 0.1) is 12.8 Å². The molecule has 0 fully saturated rings. The van der Waals surface area contributed by atoms with Crippen LogP contribution in [0.25, 0.3) is 0 Å². The third-order valence-corrected chi connectivity index (χ3v) is 2.75. The Kier molecular flexibility index (Phi) is 4.56. The lowest BCUT2D eigenvalue weighted by Crippen LogP contribution is -2.05. The van der Waals surface area contributed by atoms with Crippen LogP contribution < -0.4 is 10.1 Å². The standard InChI is InChI=1S/C16H16N2O3/c1-11(19)18-14-5-3-4-13(9-14)17-10-12-8-15(21-2)6-7-16(12)20/h3-10,20H,1-2H3,(H,18,19). The van der Waals surface area contributed by atoms with Crippen LogP contribution in [0.1, 0.15) is 12.5 Å². The third kappa shape index (κ3) is 4.07.